The summed E-state index contributed by atoms with van der Waals surface area (Å²) in [6, 6.07) is 12.3. The molecule has 1 aliphatic rings. The van der Waals surface area contributed by atoms with Gasteiger partial charge in [0.25, 0.3) is 0 Å². The summed E-state index contributed by atoms with van der Waals surface area (Å²) in [5, 5.41) is 0. The van der Waals surface area contributed by atoms with Crippen LogP contribution in [0.5, 0.6) is 11.5 Å². The second kappa shape index (κ2) is 11.5. The molecule has 3 aromatic rings. The molecule has 0 saturated heterocycles. The Kier molecular flexibility index (Phi) is 8.35. The summed E-state index contributed by atoms with van der Waals surface area (Å²) in [5.41, 5.74) is 2.03. The fourth-order valence-electron chi connectivity index (χ4n) is 4.96. The molecule has 1 saturated carbocycles. The minimum Gasteiger partial charge on any atom is -0.460 e. The zero-order valence-electron chi connectivity index (χ0n) is 20.4. The van der Waals surface area contributed by atoms with E-state index in [9.17, 15) is 22.0 Å². The van der Waals surface area contributed by atoms with Crippen LogP contribution in [0, 0.1) is 23.4 Å². The third-order valence-electron chi connectivity index (χ3n) is 6.89. The number of ether oxygens (including phenoxy) is 2. The van der Waals surface area contributed by atoms with Crippen molar-refractivity contribution in [2.24, 2.45) is 5.92 Å². The number of alkyl halides is 3. The Morgan fingerprint density at radius 3 is 2.22 bits per heavy atom. The third kappa shape index (κ3) is 6.22. The second-order valence-corrected chi connectivity index (χ2v) is 9.36. The van der Waals surface area contributed by atoms with Gasteiger partial charge in [-0.3, -0.25) is 0 Å². The molecule has 0 bridgehead atoms. The summed E-state index contributed by atoms with van der Waals surface area (Å²) >= 11 is 0. The number of hydrogen-bond acceptors (Lipinski definition) is 2. The fraction of sp³-hybridized carbons (Fsp3) is 0.379. The minimum atomic E-state index is -3.57. The van der Waals surface area contributed by atoms with E-state index in [1.165, 1.54) is 12.1 Å². The van der Waals surface area contributed by atoms with Crippen LogP contribution in [0.1, 0.15) is 56.1 Å². The van der Waals surface area contributed by atoms with E-state index in [2.05, 4.69) is 4.74 Å². The van der Waals surface area contributed by atoms with Gasteiger partial charge in [-0.2, -0.15) is 8.78 Å². The van der Waals surface area contributed by atoms with Crippen LogP contribution in [0.25, 0.3) is 11.1 Å². The van der Waals surface area contributed by atoms with Crippen molar-refractivity contribution in [1.29, 1.82) is 0 Å². The first-order valence-corrected chi connectivity index (χ1v) is 12.3. The Balaban J connectivity index is 1.40. The summed E-state index contributed by atoms with van der Waals surface area (Å²) in [4.78, 5) is 0. The topological polar surface area (TPSA) is 18.5 Å². The third-order valence-corrected chi connectivity index (χ3v) is 6.89. The maximum atomic E-state index is 15.0. The highest BCUT2D eigenvalue weighted by Crippen LogP contribution is 2.44. The van der Waals surface area contributed by atoms with Gasteiger partial charge in [-0.15, -0.1) is 0 Å². The quantitative estimate of drug-likeness (QED) is 0.261. The van der Waals surface area contributed by atoms with Gasteiger partial charge >= 0.3 is 6.11 Å². The van der Waals surface area contributed by atoms with E-state index in [1.807, 2.05) is 13.0 Å². The van der Waals surface area contributed by atoms with E-state index in [0.29, 0.717) is 29.5 Å². The molecule has 0 aromatic heterocycles. The van der Waals surface area contributed by atoms with E-state index in [1.54, 1.807) is 18.2 Å². The van der Waals surface area contributed by atoms with E-state index in [4.69, 9.17) is 4.74 Å². The van der Waals surface area contributed by atoms with Crippen molar-refractivity contribution in [3.63, 3.8) is 0 Å². The first-order chi connectivity index (χ1) is 17.7. The van der Waals surface area contributed by atoms with Crippen LogP contribution in [-0.4, -0.2) is 13.0 Å². The van der Waals surface area contributed by atoms with Gasteiger partial charge in [0.05, 0.1) is 5.92 Å². The summed E-state index contributed by atoms with van der Waals surface area (Å²) in [5.74, 6) is -4.10. The van der Waals surface area contributed by atoms with Crippen LogP contribution in [0.4, 0.5) is 26.3 Å². The average Bonchev–Trinajstić information content (AvgIpc) is 2.86. The molecule has 1 aliphatic carbocycles. The number of benzene rings is 3. The van der Waals surface area contributed by atoms with Crippen molar-refractivity contribution in [1.82, 2.24) is 0 Å². The number of rotatable bonds is 9. The molecule has 0 spiro atoms. The molecular formula is C29H28F6O2. The molecule has 0 amide bonds. The van der Waals surface area contributed by atoms with E-state index in [0.717, 1.165) is 36.6 Å². The van der Waals surface area contributed by atoms with E-state index in [-0.39, 0.29) is 18.8 Å². The maximum Gasteiger partial charge on any atom is 0.400 e. The summed E-state index contributed by atoms with van der Waals surface area (Å²) < 4.78 is 94.5. The van der Waals surface area contributed by atoms with Gasteiger partial charge in [0, 0.05) is 11.6 Å². The van der Waals surface area contributed by atoms with Crippen LogP contribution < -0.4 is 9.47 Å². The Morgan fingerprint density at radius 1 is 0.838 bits per heavy atom. The Morgan fingerprint density at radius 2 is 1.59 bits per heavy atom. The summed E-state index contributed by atoms with van der Waals surface area (Å²) in [7, 11) is 0. The summed E-state index contributed by atoms with van der Waals surface area (Å²) in [6.07, 6.45) is -1.12. The first kappa shape index (κ1) is 26.9. The van der Waals surface area contributed by atoms with Gasteiger partial charge in [-0.25, -0.2) is 17.6 Å². The van der Waals surface area contributed by atoms with Crippen LogP contribution in [0.15, 0.2) is 54.6 Å². The van der Waals surface area contributed by atoms with E-state index < -0.39 is 47.8 Å². The lowest BCUT2D eigenvalue weighted by molar-refractivity contribution is -0.222. The lowest BCUT2D eigenvalue weighted by Crippen LogP contribution is -2.37. The van der Waals surface area contributed by atoms with Crippen molar-refractivity contribution in [3.05, 3.63) is 83.2 Å². The lowest BCUT2D eigenvalue weighted by Gasteiger charge is -2.33. The Bertz CT molecular complexity index is 1220. The molecule has 198 valence electrons. The van der Waals surface area contributed by atoms with E-state index >= 15 is 4.39 Å². The highest BCUT2D eigenvalue weighted by molar-refractivity contribution is 5.65. The highest BCUT2D eigenvalue weighted by atomic mass is 19.3. The summed E-state index contributed by atoms with van der Waals surface area (Å²) in [6.45, 7) is 0.761. The zero-order valence-corrected chi connectivity index (χ0v) is 20.4. The van der Waals surface area contributed by atoms with Crippen molar-refractivity contribution in [2.75, 3.05) is 6.86 Å². The molecule has 0 N–H and O–H groups in total. The molecule has 37 heavy (non-hydrogen) atoms. The predicted octanol–water partition coefficient (Wildman–Crippen LogP) is 8.97. The SMILES string of the molecule is CCCc1ccc(-c2ccc(C3CCC(C(F)(F)Oc4ccc(OCF)c(F)c4)CC3)c(F)c2)c(F)c1. The van der Waals surface area contributed by atoms with Gasteiger partial charge < -0.3 is 9.47 Å². The number of hydrogen-bond donors (Lipinski definition) is 0. The molecule has 0 radical (unpaired) electrons. The Labute approximate surface area is 212 Å². The number of halogens is 6. The molecule has 0 atom stereocenters. The molecular weight excluding hydrogens is 494 g/mol. The zero-order chi connectivity index (χ0) is 26.6. The van der Waals surface area contributed by atoms with Crippen molar-refractivity contribution in [2.45, 2.75) is 57.5 Å². The first-order valence-electron chi connectivity index (χ1n) is 12.3. The normalized spacial score (nSPS) is 18.0. The second-order valence-electron chi connectivity index (χ2n) is 9.36. The predicted molar refractivity (Wildman–Crippen MR) is 129 cm³/mol. The standard InChI is InChI=1S/C29H28F6O2/c1-2-3-18-4-11-24(25(31)14-18)20-7-12-23(26(32)15-20)19-5-8-21(9-6-19)29(34,35)37-22-10-13-28(36-17-30)27(33)16-22/h4,7,10-16,19,21H,2-3,5-6,8-9,17H2,1H3. The average molecular weight is 523 g/mol. The minimum absolute atomic E-state index is 0.0813. The molecule has 0 unspecified atom stereocenters. The van der Waals surface area contributed by atoms with Gasteiger partial charge in [-0.05, 0) is 79.0 Å². The molecule has 3 aromatic carbocycles. The Hall–Kier alpha value is -3.16. The largest absolute Gasteiger partial charge is 0.460 e. The van der Waals surface area contributed by atoms with Gasteiger partial charge in [0.1, 0.15) is 17.4 Å². The van der Waals surface area contributed by atoms with Gasteiger partial charge in [0.2, 0.25) is 6.86 Å². The molecule has 4 rings (SSSR count). The fourth-order valence-corrected chi connectivity index (χ4v) is 4.96. The molecule has 8 heteroatoms. The van der Waals surface area contributed by atoms with Crippen LogP contribution in [-0.2, 0) is 6.42 Å². The molecule has 2 nitrogen and oxygen atoms in total. The van der Waals surface area contributed by atoms with Crippen LogP contribution in [0.3, 0.4) is 0 Å². The molecule has 0 heterocycles. The van der Waals surface area contributed by atoms with Crippen LogP contribution >= 0.6 is 0 Å². The molecule has 0 aliphatic heterocycles. The molecule has 1 fully saturated rings. The van der Waals surface area contributed by atoms with Crippen molar-refractivity contribution >= 4 is 0 Å². The van der Waals surface area contributed by atoms with Gasteiger partial charge in [0.15, 0.2) is 11.6 Å². The maximum absolute atomic E-state index is 15.0. The van der Waals surface area contributed by atoms with Crippen LogP contribution in [0.2, 0.25) is 0 Å². The number of aryl methyl sites for hydroxylation is 1. The lowest BCUT2D eigenvalue weighted by atomic mass is 9.77. The monoisotopic (exact) mass is 522 g/mol. The van der Waals surface area contributed by atoms with Crippen molar-refractivity contribution < 1.29 is 35.8 Å². The smallest absolute Gasteiger partial charge is 0.400 e. The van der Waals surface area contributed by atoms with Gasteiger partial charge in [-0.1, -0.05) is 37.6 Å². The highest BCUT2D eigenvalue weighted by Gasteiger charge is 2.44. The van der Waals surface area contributed by atoms with Crippen molar-refractivity contribution in [3.8, 4) is 22.6 Å².